The van der Waals surface area contributed by atoms with Crippen molar-refractivity contribution < 1.29 is 24.2 Å². The Kier molecular flexibility index (Phi) is 5.09. The quantitative estimate of drug-likeness (QED) is 0.835. The zero-order valence-electron chi connectivity index (χ0n) is 14.8. The zero-order chi connectivity index (χ0) is 18.7. The minimum Gasteiger partial charge on any atom is -0.466 e. The van der Waals surface area contributed by atoms with E-state index in [2.05, 4.69) is 0 Å². The van der Waals surface area contributed by atoms with E-state index >= 15 is 0 Å². The summed E-state index contributed by atoms with van der Waals surface area (Å²) in [4.78, 5) is 25.6. The maximum Gasteiger partial charge on any atom is 0.316 e. The second-order valence-electron chi connectivity index (χ2n) is 6.56. The van der Waals surface area contributed by atoms with Crippen LogP contribution in [-0.2, 0) is 19.1 Å². The summed E-state index contributed by atoms with van der Waals surface area (Å²) in [5.74, 6) is -2.11. The molecule has 1 saturated heterocycles. The third-order valence-electron chi connectivity index (χ3n) is 4.97. The molecule has 1 heterocycles. The summed E-state index contributed by atoms with van der Waals surface area (Å²) in [6.07, 6.45) is -1.99. The molecule has 3 rings (SSSR count). The number of rotatable bonds is 5. The molecular formula is C21H22O5. The van der Waals surface area contributed by atoms with E-state index in [4.69, 9.17) is 9.47 Å². The largest absolute Gasteiger partial charge is 0.466 e. The number of ether oxygens (including phenoxy) is 2. The summed E-state index contributed by atoms with van der Waals surface area (Å²) in [5, 5.41) is 11.0. The molecule has 4 atom stereocenters. The Balaban J connectivity index is 2.07. The van der Waals surface area contributed by atoms with Crippen LogP contribution in [0, 0.1) is 11.3 Å². The van der Waals surface area contributed by atoms with Crippen LogP contribution in [0.3, 0.4) is 0 Å². The van der Waals surface area contributed by atoms with Crippen molar-refractivity contribution in [3.05, 3.63) is 71.8 Å². The van der Waals surface area contributed by atoms with Crippen LogP contribution < -0.4 is 0 Å². The van der Waals surface area contributed by atoms with E-state index in [1.54, 1.807) is 50.2 Å². The third-order valence-corrected chi connectivity index (χ3v) is 4.97. The summed E-state index contributed by atoms with van der Waals surface area (Å²) in [7, 11) is 0. The molecule has 0 saturated carbocycles. The van der Waals surface area contributed by atoms with Crippen LogP contribution in [0.15, 0.2) is 60.7 Å². The van der Waals surface area contributed by atoms with Crippen molar-refractivity contribution in [2.45, 2.75) is 26.1 Å². The van der Waals surface area contributed by atoms with Crippen molar-refractivity contribution in [1.29, 1.82) is 0 Å². The van der Waals surface area contributed by atoms with Gasteiger partial charge in [-0.3, -0.25) is 9.59 Å². The number of carbonyl (C=O) groups excluding carboxylic acids is 2. The van der Waals surface area contributed by atoms with Gasteiger partial charge in [0.05, 0.1) is 12.7 Å². The predicted octanol–water partition coefficient (Wildman–Crippen LogP) is 3.20. The molecule has 1 N–H and O–H groups in total. The van der Waals surface area contributed by atoms with Crippen LogP contribution in [0.5, 0.6) is 0 Å². The first-order chi connectivity index (χ1) is 12.5. The fraction of sp³-hybridized carbons (Fsp3) is 0.333. The highest BCUT2D eigenvalue weighted by Crippen LogP contribution is 2.54. The average molecular weight is 354 g/mol. The molecule has 26 heavy (non-hydrogen) atoms. The first kappa shape index (κ1) is 18.1. The molecule has 0 spiro atoms. The molecule has 0 aromatic heterocycles. The van der Waals surface area contributed by atoms with E-state index in [0.29, 0.717) is 11.1 Å². The van der Waals surface area contributed by atoms with Gasteiger partial charge in [0.2, 0.25) is 0 Å². The molecule has 1 fully saturated rings. The SMILES string of the molecule is CCOC(=O)[C@@H]1[C@H](c2ccccc2)OC(=O)[C@]1(C)[C@H](O)c1ccccc1. The van der Waals surface area contributed by atoms with Gasteiger partial charge in [-0.1, -0.05) is 60.7 Å². The van der Waals surface area contributed by atoms with Crippen LogP contribution in [0.1, 0.15) is 37.2 Å². The Labute approximate surface area is 152 Å². The van der Waals surface area contributed by atoms with Crippen molar-refractivity contribution in [2.75, 3.05) is 6.61 Å². The fourth-order valence-electron chi connectivity index (χ4n) is 3.52. The Hall–Kier alpha value is -2.66. The van der Waals surface area contributed by atoms with Crippen molar-refractivity contribution in [1.82, 2.24) is 0 Å². The van der Waals surface area contributed by atoms with Gasteiger partial charge in [-0.25, -0.2) is 0 Å². The lowest BCUT2D eigenvalue weighted by atomic mass is 9.69. The van der Waals surface area contributed by atoms with Gasteiger partial charge in [0.1, 0.15) is 17.4 Å². The molecule has 5 heteroatoms. The van der Waals surface area contributed by atoms with Crippen molar-refractivity contribution >= 4 is 11.9 Å². The van der Waals surface area contributed by atoms with Crippen molar-refractivity contribution in [3.8, 4) is 0 Å². The molecule has 136 valence electrons. The monoisotopic (exact) mass is 354 g/mol. The summed E-state index contributed by atoms with van der Waals surface area (Å²) < 4.78 is 10.8. The molecular weight excluding hydrogens is 332 g/mol. The van der Waals surface area contributed by atoms with Gasteiger partial charge in [-0.2, -0.15) is 0 Å². The smallest absolute Gasteiger partial charge is 0.316 e. The molecule has 2 aromatic carbocycles. The fourth-order valence-corrected chi connectivity index (χ4v) is 3.52. The molecule has 0 bridgehead atoms. The highest BCUT2D eigenvalue weighted by molar-refractivity contribution is 5.89. The number of aliphatic hydroxyl groups excluding tert-OH is 1. The topological polar surface area (TPSA) is 72.8 Å². The van der Waals surface area contributed by atoms with Crippen LogP contribution in [-0.4, -0.2) is 23.7 Å². The zero-order valence-corrected chi connectivity index (χ0v) is 14.8. The average Bonchev–Trinajstić information content (AvgIpc) is 2.95. The first-order valence-corrected chi connectivity index (χ1v) is 8.65. The Bertz CT molecular complexity index is 774. The van der Waals surface area contributed by atoms with Gasteiger partial charge >= 0.3 is 11.9 Å². The number of esters is 2. The van der Waals surface area contributed by atoms with Crippen molar-refractivity contribution in [3.63, 3.8) is 0 Å². The number of cyclic esters (lactones) is 1. The standard InChI is InChI=1S/C21H22O5/c1-3-25-19(23)16-17(14-10-6-4-7-11-14)26-20(24)21(16,2)18(22)15-12-8-5-9-13-15/h4-13,16-18,22H,3H2,1-2H3/t16-,17-,18+,21-/m0/s1. The van der Waals surface area contributed by atoms with Gasteiger partial charge in [-0.05, 0) is 25.0 Å². The highest BCUT2D eigenvalue weighted by Gasteiger charge is 2.62. The van der Waals surface area contributed by atoms with E-state index < -0.39 is 35.5 Å². The molecule has 1 aliphatic rings. The minimum absolute atomic E-state index is 0.183. The van der Waals surface area contributed by atoms with E-state index in [9.17, 15) is 14.7 Å². The lowest BCUT2D eigenvalue weighted by Crippen LogP contribution is -2.41. The molecule has 2 aromatic rings. The van der Waals surface area contributed by atoms with E-state index in [1.165, 1.54) is 0 Å². The summed E-state index contributed by atoms with van der Waals surface area (Å²) in [6.45, 7) is 3.46. The lowest BCUT2D eigenvalue weighted by Gasteiger charge is -2.32. The Morgan fingerprint density at radius 3 is 2.31 bits per heavy atom. The Morgan fingerprint density at radius 2 is 1.73 bits per heavy atom. The molecule has 0 radical (unpaired) electrons. The second kappa shape index (κ2) is 7.30. The molecule has 0 unspecified atom stereocenters. The predicted molar refractivity (Wildman–Crippen MR) is 94.9 cm³/mol. The summed E-state index contributed by atoms with van der Waals surface area (Å²) >= 11 is 0. The minimum atomic E-state index is -1.45. The molecule has 5 nitrogen and oxygen atoms in total. The first-order valence-electron chi connectivity index (χ1n) is 8.65. The van der Waals surface area contributed by atoms with Crippen LogP contribution in [0.4, 0.5) is 0 Å². The Morgan fingerprint density at radius 1 is 1.15 bits per heavy atom. The van der Waals surface area contributed by atoms with E-state index in [-0.39, 0.29) is 6.61 Å². The van der Waals surface area contributed by atoms with Crippen LogP contribution in [0.25, 0.3) is 0 Å². The van der Waals surface area contributed by atoms with Crippen molar-refractivity contribution in [2.24, 2.45) is 11.3 Å². The van der Waals surface area contributed by atoms with Gasteiger partial charge in [0.25, 0.3) is 0 Å². The van der Waals surface area contributed by atoms with E-state index in [0.717, 1.165) is 0 Å². The lowest BCUT2D eigenvalue weighted by molar-refractivity contribution is -0.160. The number of carbonyl (C=O) groups is 2. The summed E-state index contributed by atoms with van der Waals surface area (Å²) in [5.41, 5.74) is -0.202. The van der Waals surface area contributed by atoms with Crippen LogP contribution >= 0.6 is 0 Å². The van der Waals surface area contributed by atoms with Gasteiger partial charge in [0, 0.05) is 0 Å². The number of benzene rings is 2. The highest BCUT2D eigenvalue weighted by atomic mass is 16.6. The van der Waals surface area contributed by atoms with Gasteiger partial charge in [0.15, 0.2) is 0 Å². The summed E-state index contributed by atoms with van der Waals surface area (Å²) in [6, 6.07) is 17.9. The molecule has 1 aliphatic heterocycles. The normalized spacial score (nSPS) is 26.2. The maximum absolute atomic E-state index is 12.8. The number of aliphatic hydroxyl groups is 1. The van der Waals surface area contributed by atoms with Crippen LogP contribution in [0.2, 0.25) is 0 Å². The van der Waals surface area contributed by atoms with Gasteiger partial charge < -0.3 is 14.6 Å². The van der Waals surface area contributed by atoms with E-state index in [1.807, 2.05) is 24.3 Å². The molecule has 0 amide bonds. The number of hydrogen-bond acceptors (Lipinski definition) is 5. The van der Waals surface area contributed by atoms with Gasteiger partial charge in [-0.15, -0.1) is 0 Å². The number of hydrogen-bond donors (Lipinski definition) is 1. The maximum atomic E-state index is 12.8. The molecule has 0 aliphatic carbocycles. The second-order valence-corrected chi connectivity index (χ2v) is 6.56. The third kappa shape index (κ3) is 2.99.